The lowest BCUT2D eigenvalue weighted by molar-refractivity contribution is -0.380. The minimum atomic E-state index is -0.519. The Morgan fingerprint density at radius 1 is 1.24 bits per heavy atom. The van der Waals surface area contributed by atoms with E-state index in [1.807, 2.05) is 0 Å². The van der Waals surface area contributed by atoms with Crippen molar-refractivity contribution in [2.45, 2.75) is 6.42 Å². The Hall–Kier alpha value is -2.54. The van der Waals surface area contributed by atoms with Crippen LogP contribution in [0.25, 0.3) is 0 Å². The molecule has 106 valence electrons. The summed E-state index contributed by atoms with van der Waals surface area (Å²) >= 11 is 0.843. The number of Topliss-reactive ketones (excluding diaryl/α,β-unsaturated/α-hetero) is 1. The summed E-state index contributed by atoms with van der Waals surface area (Å²) in [4.78, 5) is 36.4. The minimum Gasteiger partial charge on any atom is -0.306 e. The van der Waals surface area contributed by atoms with Crippen LogP contribution in [-0.4, -0.2) is 23.2 Å². The Labute approximate surface area is 123 Å². The summed E-state index contributed by atoms with van der Waals surface area (Å²) in [5, 5.41) is 10.6. The molecular weight excluding hydrogens is 292 g/mol. The van der Waals surface area contributed by atoms with Gasteiger partial charge in [0.25, 0.3) is 5.91 Å². The number of nitro groups is 1. The molecule has 1 aliphatic heterocycles. The van der Waals surface area contributed by atoms with E-state index in [0.29, 0.717) is 22.7 Å². The zero-order chi connectivity index (χ0) is 15.0. The lowest BCUT2D eigenvalue weighted by atomic mass is 10.0. The molecule has 0 N–H and O–H groups in total. The molecule has 1 aromatic carbocycles. The van der Waals surface area contributed by atoms with Gasteiger partial charge in [-0.1, -0.05) is 23.5 Å². The zero-order valence-electron chi connectivity index (χ0n) is 10.8. The number of fused-ring (bicyclic) bond motifs is 1. The highest BCUT2D eigenvalue weighted by atomic mass is 32.1. The van der Waals surface area contributed by atoms with Crippen molar-refractivity contribution in [3.63, 3.8) is 0 Å². The van der Waals surface area contributed by atoms with Crippen molar-refractivity contribution in [3.05, 3.63) is 57.0 Å². The molecule has 0 aliphatic carbocycles. The van der Waals surface area contributed by atoms with Crippen LogP contribution in [0.2, 0.25) is 0 Å². The zero-order valence-corrected chi connectivity index (χ0v) is 11.6. The number of nitrogens with zero attached hydrogens (tertiary/aromatic N) is 2. The van der Waals surface area contributed by atoms with Crippen LogP contribution in [0, 0.1) is 10.1 Å². The first-order valence-corrected chi connectivity index (χ1v) is 7.08. The Morgan fingerprint density at radius 2 is 2.00 bits per heavy atom. The fourth-order valence-electron chi connectivity index (χ4n) is 2.30. The van der Waals surface area contributed by atoms with Gasteiger partial charge in [0.05, 0.1) is 15.5 Å². The van der Waals surface area contributed by atoms with E-state index in [2.05, 4.69) is 0 Å². The van der Waals surface area contributed by atoms with Gasteiger partial charge in [-0.2, -0.15) is 0 Å². The lowest BCUT2D eigenvalue weighted by Crippen LogP contribution is -2.37. The van der Waals surface area contributed by atoms with Crippen molar-refractivity contribution in [1.29, 1.82) is 0 Å². The standard InChI is InChI=1S/C14H10N2O4S/c17-11-7-8-15(10-4-2-1-3-9(10)11)14(18)12-5-6-13(21-12)16(19)20/h1-6H,7-8H2. The summed E-state index contributed by atoms with van der Waals surface area (Å²) in [5.74, 6) is -0.306. The van der Waals surface area contributed by atoms with Gasteiger partial charge in [0.15, 0.2) is 5.78 Å². The molecule has 2 heterocycles. The van der Waals surface area contributed by atoms with Gasteiger partial charge in [-0.15, -0.1) is 0 Å². The summed E-state index contributed by atoms with van der Waals surface area (Å²) in [7, 11) is 0. The van der Waals surface area contributed by atoms with Gasteiger partial charge < -0.3 is 4.90 Å². The summed E-state index contributed by atoms with van der Waals surface area (Å²) < 4.78 is 0. The molecule has 7 heteroatoms. The van der Waals surface area contributed by atoms with Crippen LogP contribution in [0.5, 0.6) is 0 Å². The second kappa shape index (κ2) is 5.10. The maximum atomic E-state index is 12.5. The van der Waals surface area contributed by atoms with Crippen molar-refractivity contribution in [2.75, 3.05) is 11.4 Å². The van der Waals surface area contributed by atoms with Gasteiger partial charge in [0.2, 0.25) is 0 Å². The molecule has 0 radical (unpaired) electrons. The normalized spacial score (nSPS) is 13.9. The predicted molar refractivity (Wildman–Crippen MR) is 78.0 cm³/mol. The molecule has 1 aromatic heterocycles. The molecule has 1 amide bonds. The van der Waals surface area contributed by atoms with Crippen molar-refractivity contribution in [1.82, 2.24) is 0 Å². The third kappa shape index (κ3) is 2.31. The van der Waals surface area contributed by atoms with Gasteiger partial charge in [-0.05, 0) is 18.2 Å². The van der Waals surface area contributed by atoms with E-state index < -0.39 is 4.92 Å². The van der Waals surface area contributed by atoms with Gasteiger partial charge >= 0.3 is 5.00 Å². The fourth-order valence-corrected chi connectivity index (χ4v) is 3.07. The molecule has 2 aromatic rings. The lowest BCUT2D eigenvalue weighted by Gasteiger charge is -2.28. The molecule has 0 unspecified atom stereocenters. The topological polar surface area (TPSA) is 80.5 Å². The number of hydrogen-bond acceptors (Lipinski definition) is 5. The number of hydrogen-bond donors (Lipinski definition) is 0. The van der Waals surface area contributed by atoms with E-state index in [0.717, 1.165) is 11.3 Å². The molecule has 3 rings (SSSR count). The van der Waals surface area contributed by atoms with Crippen molar-refractivity contribution >= 4 is 33.7 Å². The Morgan fingerprint density at radius 3 is 2.71 bits per heavy atom. The molecule has 0 atom stereocenters. The van der Waals surface area contributed by atoms with Crippen molar-refractivity contribution < 1.29 is 14.5 Å². The molecule has 0 spiro atoms. The molecule has 0 bridgehead atoms. The van der Waals surface area contributed by atoms with E-state index in [4.69, 9.17) is 0 Å². The van der Waals surface area contributed by atoms with Crippen LogP contribution < -0.4 is 4.90 Å². The van der Waals surface area contributed by atoms with Crippen LogP contribution in [0.1, 0.15) is 26.5 Å². The maximum absolute atomic E-state index is 12.5. The number of thiophene rings is 1. The van der Waals surface area contributed by atoms with Crippen LogP contribution in [-0.2, 0) is 0 Å². The third-order valence-corrected chi connectivity index (χ3v) is 4.31. The monoisotopic (exact) mass is 302 g/mol. The second-order valence-electron chi connectivity index (χ2n) is 4.54. The third-order valence-electron chi connectivity index (χ3n) is 3.29. The second-order valence-corrected chi connectivity index (χ2v) is 5.60. The van der Waals surface area contributed by atoms with Gasteiger partial charge in [0.1, 0.15) is 0 Å². The number of amides is 1. The highest BCUT2D eigenvalue weighted by molar-refractivity contribution is 7.17. The summed E-state index contributed by atoms with van der Waals surface area (Å²) in [6.07, 6.45) is 0.260. The largest absolute Gasteiger partial charge is 0.324 e. The first kappa shape index (κ1) is 13.4. The SMILES string of the molecule is O=C1CCN(C(=O)c2ccc([N+](=O)[O-])s2)c2ccccc21. The molecule has 0 saturated heterocycles. The number of rotatable bonds is 2. The average molecular weight is 302 g/mol. The highest BCUT2D eigenvalue weighted by Crippen LogP contribution is 2.31. The first-order valence-electron chi connectivity index (χ1n) is 6.26. The van der Waals surface area contributed by atoms with Crippen molar-refractivity contribution in [2.24, 2.45) is 0 Å². The first-order chi connectivity index (χ1) is 10.1. The van der Waals surface area contributed by atoms with Crippen LogP contribution in [0.4, 0.5) is 10.7 Å². The number of ketones is 1. The van der Waals surface area contributed by atoms with Crippen LogP contribution in [0.3, 0.4) is 0 Å². The molecule has 1 aliphatic rings. The Balaban J connectivity index is 1.97. The Kier molecular flexibility index (Phi) is 3.26. The van der Waals surface area contributed by atoms with Crippen LogP contribution >= 0.6 is 11.3 Å². The summed E-state index contributed by atoms with van der Waals surface area (Å²) in [5.41, 5.74) is 1.08. The Bertz CT molecular complexity index is 753. The number of anilines is 1. The quantitative estimate of drug-likeness (QED) is 0.631. The number of para-hydroxylation sites is 1. The van der Waals surface area contributed by atoms with E-state index in [9.17, 15) is 19.7 Å². The number of carbonyl (C=O) groups excluding carboxylic acids is 2. The van der Waals surface area contributed by atoms with E-state index in [-0.39, 0.29) is 23.1 Å². The molecule has 0 saturated carbocycles. The van der Waals surface area contributed by atoms with E-state index >= 15 is 0 Å². The van der Waals surface area contributed by atoms with Gasteiger partial charge in [-0.3, -0.25) is 19.7 Å². The van der Waals surface area contributed by atoms with E-state index in [1.54, 1.807) is 24.3 Å². The summed E-state index contributed by atoms with van der Waals surface area (Å²) in [6, 6.07) is 9.68. The van der Waals surface area contributed by atoms with Crippen LogP contribution in [0.15, 0.2) is 36.4 Å². The molecular formula is C14H10N2O4S. The summed E-state index contributed by atoms with van der Waals surface area (Å²) in [6.45, 7) is 0.292. The average Bonchev–Trinajstić information content (AvgIpc) is 2.97. The molecule has 21 heavy (non-hydrogen) atoms. The molecule has 0 fully saturated rings. The molecule has 6 nitrogen and oxygen atoms in total. The minimum absolute atomic E-state index is 0.00631. The van der Waals surface area contributed by atoms with Gasteiger partial charge in [0, 0.05) is 24.6 Å². The highest BCUT2D eigenvalue weighted by Gasteiger charge is 2.29. The fraction of sp³-hybridized carbons (Fsp3) is 0.143. The number of carbonyl (C=O) groups is 2. The van der Waals surface area contributed by atoms with Crippen molar-refractivity contribution in [3.8, 4) is 0 Å². The predicted octanol–water partition coefficient (Wildman–Crippen LogP) is 2.89. The van der Waals surface area contributed by atoms with Gasteiger partial charge in [-0.25, -0.2) is 0 Å². The smallest absolute Gasteiger partial charge is 0.306 e. The van der Waals surface area contributed by atoms with E-state index in [1.165, 1.54) is 17.0 Å². The maximum Gasteiger partial charge on any atom is 0.324 e. The number of benzene rings is 1.